The molecule has 2 rings (SSSR count). The van der Waals surface area contributed by atoms with Gasteiger partial charge in [-0.2, -0.15) is 0 Å². The van der Waals surface area contributed by atoms with Crippen LogP contribution in [-0.2, 0) is 4.74 Å². The Morgan fingerprint density at radius 3 is 2.47 bits per heavy atom. The molecule has 1 saturated carbocycles. The fourth-order valence-electron chi connectivity index (χ4n) is 4.57. The van der Waals surface area contributed by atoms with E-state index in [1.165, 1.54) is 57.8 Å². The molecule has 1 aliphatic heterocycles. The van der Waals surface area contributed by atoms with Gasteiger partial charge in [0.1, 0.15) is 0 Å². The second-order valence-electron chi connectivity index (χ2n) is 7.22. The first-order valence-corrected chi connectivity index (χ1v) is 8.45. The zero-order valence-corrected chi connectivity index (χ0v) is 13.2. The zero-order valence-electron chi connectivity index (χ0n) is 13.2. The summed E-state index contributed by atoms with van der Waals surface area (Å²) >= 11 is 0. The summed E-state index contributed by atoms with van der Waals surface area (Å²) in [7, 11) is 2.17. The fourth-order valence-corrected chi connectivity index (χ4v) is 4.57. The number of hydrogen-bond donors (Lipinski definition) is 1. The standard InChI is InChI=1S/C17H33NO/c1-14(2)13-17(10-4-5-11-17)16(18-3)9-8-15-7-6-12-19-15/h14-16,18H,4-13H2,1-3H3. The van der Waals surface area contributed by atoms with Crippen molar-refractivity contribution in [1.29, 1.82) is 0 Å². The number of nitrogens with one attached hydrogen (secondary N) is 1. The molecule has 0 aromatic rings. The zero-order chi connectivity index (χ0) is 13.7. The summed E-state index contributed by atoms with van der Waals surface area (Å²) in [6.45, 7) is 5.76. The van der Waals surface area contributed by atoms with E-state index >= 15 is 0 Å². The Morgan fingerprint density at radius 1 is 1.21 bits per heavy atom. The largest absolute Gasteiger partial charge is 0.378 e. The molecule has 2 nitrogen and oxygen atoms in total. The molecule has 2 atom stereocenters. The van der Waals surface area contributed by atoms with Crippen LogP contribution in [0.2, 0.25) is 0 Å². The lowest BCUT2D eigenvalue weighted by Gasteiger charge is -2.39. The number of rotatable bonds is 7. The summed E-state index contributed by atoms with van der Waals surface area (Å²) in [4.78, 5) is 0. The van der Waals surface area contributed by atoms with Crippen LogP contribution in [0.4, 0.5) is 0 Å². The third kappa shape index (κ3) is 3.95. The van der Waals surface area contributed by atoms with Gasteiger partial charge in [-0.05, 0) is 63.3 Å². The van der Waals surface area contributed by atoms with Crippen LogP contribution in [0, 0.1) is 11.3 Å². The molecular weight excluding hydrogens is 234 g/mol. The molecule has 0 bridgehead atoms. The van der Waals surface area contributed by atoms with Gasteiger partial charge in [0.05, 0.1) is 6.10 Å². The Labute approximate surface area is 119 Å². The maximum absolute atomic E-state index is 5.80. The van der Waals surface area contributed by atoms with Crippen LogP contribution in [-0.4, -0.2) is 25.8 Å². The van der Waals surface area contributed by atoms with Crippen molar-refractivity contribution in [1.82, 2.24) is 5.32 Å². The lowest BCUT2D eigenvalue weighted by Crippen LogP contribution is -2.43. The monoisotopic (exact) mass is 267 g/mol. The van der Waals surface area contributed by atoms with Crippen molar-refractivity contribution in [2.75, 3.05) is 13.7 Å². The predicted octanol–water partition coefficient (Wildman–Crippen LogP) is 4.14. The maximum atomic E-state index is 5.80. The molecule has 1 aliphatic carbocycles. The molecule has 1 heterocycles. The molecule has 2 unspecified atom stereocenters. The van der Waals surface area contributed by atoms with Crippen molar-refractivity contribution in [3.8, 4) is 0 Å². The highest BCUT2D eigenvalue weighted by Crippen LogP contribution is 2.47. The molecule has 2 aliphatic rings. The van der Waals surface area contributed by atoms with Crippen LogP contribution >= 0.6 is 0 Å². The lowest BCUT2D eigenvalue weighted by atomic mass is 9.71. The first-order valence-electron chi connectivity index (χ1n) is 8.45. The van der Waals surface area contributed by atoms with Crippen LogP contribution in [0.25, 0.3) is 0 Å². The average Bonchev–Trinajstić information content (AvgIpc) is 3.01. The Bertz CT molecular complexity index is 252. The van der Waals surface area contributed by atoms with Crippen molar-refractivity contribution >= 4 is 0 Å². The van der Waals surface area contributed by atoms with Gasteiger partial charge in [-0.3, -0.25) is 0 Å². The molecule has 19 heavy (non-hydrogen) atoms. The SMILES string of the molecule is CNC(CCC1CCCO1)C1(CC(C)C)CCCC1. The van der Waals surface area contributed by atoms with Crippen molar-refractivity contribution in [2.24, 2.45) is 11.3 Å². The topological polar surface area (TPSA) is 21.3 Å². The molecule has 2 heteroatoms. The van der Waals surface area contributed by atoms with E-state index in [0.717, 1.165) is 12.5 Å². The second kappa shape index (κ2) is 7.08. The van der Waals surface area contributed by atoms with Crippen LogP contribution in [0.1, 0.15) is 71.6 Å². The van der Waals surface area contributed by atoms with Gasteiger partial charge in [-0.1, -0.05) is 26.7 Å². The van der Waals surface area contributed by atoms with Gasteiger partial charge in [-0.15, -0.1) is 0 Å². The average molecular weight is 267 g/mol. The Kier molecular flexibility index (Phi) is 5.70. The Morgan fingerprint density at radius 2 is 1.95 bits per heavy atom. The smallest absolute Gasteiger partial charge is 0.0576 e. The highest BCUT2D eigenvalue weighted by atomic mass is 16.5. The molecule has 112 valence electrons. The molecule has 2 fully saturated rings. The van der Waals surface area contributed by atoms with Crippen LogP contribution in [0.5, 0.6) is 0 Å². The van der Waals surface area contributed by atoms with Gasteiger partial charge >= 0.3 is 0 Å². The van der Waals surface area contributed by atoms with Crippen molar-refractivity contribution in [3.63, 3.8) is 0 Å². The molecule has 0 radical (unpaired) electrons. The molecule has 1 N–H and O–H groups in total. The summed E-state index contributed by atoms with van der Waals surface area (Å²) < 4.78 is 5.80. The quantitative estimate of drug-likeness (QED) is 0.748. The highest BCUT2D eigenvalue weighted by Gasteiger charge is 2.40. The first kappa shape index (κ1) is 15.3. The van der Waals surface area contributed by atoms with E-state index in [1.54, 1.807) is 0 Å². The van der Waals surface area contributed by atoms with E-state index < -0.39 is 0 Å². The van der Waals surface area contributed by atoms with Gasteiger partial charge in [0, 0.05) is 12.6 Å². The van der Waals surface area contributed by atoms with Gasteiger partial charge in [0.15, 0.2) is 0 Å². The molecule has 0 amide bonds. The minimum absolute atomic E-state index is 0.549. The van der Waals surface area contributed by atoms with E-state index in [-0.39, 0.29) is 0 Å². The van der Waals surface area contributed by atoms with E-state index in [0.29, 0.717) is 17.6 Å². The van der Waals surface area contributed by atoms with Gasteiger partial charge in [0.25, 0.3) is 0 Å². The Hall–Kier alpha value is -0.0800. The summed E-state index contributed by atoms with van der Waals surface area (Å²) in [5, 5.41) is 3.66. The third-order valence-electron chi connectivity index (χ3n) is 5.30. The molecule has 0 spiro atoms. The minimum Gasteiger partial charge on any atom is -0.378 e. The fraction of sp³-hybridized carbons (Fsp3) is 1.00. The minimum atomic E-state index is 0.549. The second-order valence-corrected chi connectivity index (χ2v) is 7.22. The summed E-state index contributed by atoms with van der Waals surface area (Å²) in [6.07, 6.45) is 12.8. The van der Waals surface area contributed by atoms with E-state index in [2.05, 4.69) is 26.2 Å². The van der Waals surface area contributed by atoms with Gasteiger partial charge in [-0.25, -0.2) is 0 Å². The number of hydrogen-bond acceptors (Lipinski definition) is 2. The summed E-state index contributed by atoms with van der Waals surface area (Å²) in [6, 6.07) is 0.696. The summed E-state index contributed by atoms with van der Waals surface area (Å²) in [5.41, 5.74) is 0.571. The van der Waals surface area contributed by atoms with Gasteiger partial charge in [0.2, 0.25) is 0 Å². The van der Waals surface area contributed by atoms with E-state index in [4.69, 9.17) is 4.74 Å². The van der Waals surface area contributed by atoms with Crippen LogP contribution in [0.3, 0.4) is 0 Å². The van der Waals surface area contributed by atoms with Crippen molar-refractivity contribution in [2.45, 2.75) is 83.8 Å². The highest BCUT2D eigenvalue weighted by molar-refractivity contribution is 4.95. The molecule has 1 saturated heterocycles. The predicted molar refractivity (Wildman–Crippen MR) is 81.4 cm³/mol. The molecule has 0 aromatic carbocycles. The van der Waals surface area contributed by atoms with Crippen LogP contribution < -0.4 is 5.32 Å². The van der Waals surface area contributed by atoms with Gasteiger partial charge < -0.3 is 10.1 Å². The number of ether oxygens (including phenoxy) is 1. The van der Waals surface area contributed by atoms with E-state index in [1.807, 2.05) is 0 Å². The van der Waals surface area contributed by atoms with Crippen LogP contribution in [0.15, 0.2) is 0 Å². The normalized spacial score (nSPS) is 28.1. The summed E-state index contributed by atoms with van der Waals surface area (Å²) in [5.74, 6) is 0.816. The van der Waals surface area contributed by atoms with Crippen molar-refractivity contribution < 1.29 is 4.74 Å². The van der Waals surface area contributed by atoms with E-state index in [9.17, 15) is 0 Å². The molecular formula is C17H33NO. The maximum Gasteiger partial charge on any atom is 0.0576 e. The first-order chi connectivity index (χ1) is 9.16. The Balaban J connectivity index is 1.92. The third-order valence-corrected chi connectivity index (χ3v) is 5.30. The molecule has 0 aromatic heterocycles. The van der Waals surface area contributed by atoms with Crippen molar-refractivity contribution in [3.05, 3.63) is 0 Å². The lowest BCUT2D eigenvalue weighted by molar-refractivity contribution is 0.0852.